The van der Waals surface area contributed by atoms with Gasteiger partial charge in [0.15, 0.2) is 0 Å². The van der Waals surface area contributed by atoms with Crippen LogP contribution in [0.1, 0.15) is 24.6 Å². The van der Waals surface area contributed by atoms with Gasteiger partial charge in [0.05, 0.1) is 11.7 Å². The summed E-state index contributed by atoms with van der Waals surface area (Å²) in [7, 11) is 1.98. The first-order valence-corrected chi connectivity index (χ1v) is 10.2. The highest BCUT2D eigenvalue weighted by molar-refractivity contribution is 5.77. The Bertz CT molecular complexity index is 1150. The van der Waals surface area contributed by atoms with E-state index in [9.17, 15) is 4.79 Å². The fourth-order valence-corrected chi connectivity index (χ4v) is 4.20. The summed E-state index contributed by atoms with van der Waals surface area (Å²) in [5.41, 5.74) is 9.21. The van der Waals surface area contributed by atoms with Crippen LogP contribution in [0.25, 0.3) is 16.8 Å². The van der Waals surface area contributed by atoms with Gasteiger partial charge in [0.2, 0.25) is 0 Å². The van der Waals surface area contributed by atoms with Gasteiger partial charge in [-0.15, -0.1) is 0 Å². The summed E-state index contributed by atoms with van der Waals surface area (Å²) in [6.45, 7) is 5.29. The maximum absolute atomic E-state index is 12.9. The average molecular weight is 387 g/mol. The lowest BCUT2D eigenvalue weighted by Crippen LogP contribution is -2.32. The van der Waals surface area contributed by atoms with Crippen LogP contribution in [0.2, 0.25) is 0 Å². The first-order chi connectivity index (χ1) is 14.1. The Balaban J connectivity index is 1.49. The molecule has 0 aromatic carbocycles. The minimum atomic E-state index is -0.0505. The number of pyridine rings is 1. The van der Waals surface area contributed by atoms with E-state index >= 15 is 0 Å². The molecule has 1 atom stereocenters. The zero-order chi connectivity index (χ0) is 20.0. The van der Waals surface area contributed by atoms with Gasteiger partial charge in [-0.25, -0.2) is 10.4 Å². The SMILES string of the molecule is CCN1CC=C(c2ccc3nc(C4=CC5=CN(C)NC5C=C4)cc(=O)n3c2)CC1. The standard InChI is InChI=1S/C23H25N5O/c1-3-27-10-8-16(9-11-27)18-5-7-22-24-21(13-23(29)28(22)15-18)17-4-6-20-19(12-17)14-26(2)25-20/h4-8,12-15,20,25H,3,9-11H2,1-2H3. The number of fused-ring (bicyclic) bond motifs is 2. The zero-order valence-corrected chi connectivity index (χ0v) is 16.8. The van der Waals surface area contributed by atoms with E-state index in [4.69, 9.17) is 4.98 Å². The summed E-state index contributed by atoms with van der Waals surface area (Å²) < 4.78 is 1.66. The Morgan fingerprint density at radius 2 is 2.21 bits per heavy atom. The molecule has 1 N–H and O–H groups in total. The second kappa shape index (κ2) is 7.13. The van der Waals surface area contributed by atoms with Gasteiger partial charge in [0, 0.05) is 44.2 Å². The number of hydrogen-bond acceptors (Lipinski definition) is 5. The molecule has 6 heteroatoms. The Morgan fingerprint density at radius 3 is 3.00 bits per heavy atom. The van der Waals surface area contributed by atoms with Crippen LogP contribution >= 0.6 is 0 Å². The molecule has 148 valence electrons. The normalized spacial score (nSPS) is 21.8. The predicted molar refractivity (Wildman–Crippen MR) is 116 cm³/mol. The molecule has 2 aromatic heterocycles. The number of rotatable bonds is 3. The van der Waals surface area contributed by atoms with Gasteiger partial charge < -0.3 is 5.01 Å². The summed E-state index contributed by atoms with van der Waals surface area (Å²) in [5, 5.41) is 1.95. The van der Waals surface area contributed by atoms with Gasteiger partial charge in [-0.1, -0.05) is 25.2 Å². The fourth-order valence-electron chi connectivity index (χ4n) is 4.20. The fraction of sp³-hybridized carbons (Fsp3) is 0.304. The maximum Gasteiger partial charge on any atom is 0.258 e. The molecule has 29 heavy (non-hydrogen) atoms. The lowest BCUT2D eigenvalue weighted by molar-refractivity contribution is 0.318. The van der Waals surface area contributed by atoms with Crippen molar-refractivity contribution in [2.75, 3.05) is 26.7 Å². The van der Waals surface area contributed by atoms with Crippen LogP contribution in [0, 0.1) is 0 Å². The number of hydrazine groups is 1. The number of nitrogens with one attached hydrogen (secondary N) is 1. The monoisotopic (exact) mass is 387 g/mol. The highest BCUT2D eigenvalue weighted by atomic mass is 16.1. The Hall–Kier alpha value is -2.96. The molecule has 4 heterocycles. The van der Waals surface area contributed by atoms with E-state index in [1.165, 1.54) is 11.1 Å². The Kier molecular flexibility index (Phi) is 4.45. The number of nitrogens with zero attached hydrogens (tertiary/aromatic N) is 4. The molecule has 0 fully saturated rings. The third kappa shape index (κ3) is 3.34. The summed E-state index contributed by atoms with van der Waals surface area (Å²) in [5.74, 6) is 0. The van der Waals surface area contributed by atoms with Gasteiger partial charge in [-0.2, -0.15) is 0 Å². The van der Waals surface area contributed by atoms with Crippen LogP contribution in [0.4, 0.5) is 0 Å². The van der Waals surface area contributed by atoms with Gasteiger partial charge in [-0.05, 0) is 47.9 Å². The van der Waals surface area contributed by atoms with Crippen LogP contribution in [0.15, 0.2) is 65.3 Å². The smallest absolute Gasteiger partial charge is 0.258 e. The third-order valence-corrected chi connectivity index (χ3v) is 5.90. The zero-order valence-electron chi connectivity index (χ0n) is 16.8. The molecule has 6 nitrogen and oxygen atoms in total. The summed E-state index contributed by atoms with van der Waals surface area (Å²) >= 11 is 0. The molecule has 2 aromatic rings. The lowest BCUT2D eigenvalue weighted by atomic mass is 9.97. The molecule has 3 aliphatic rings. The van der Waals surface area contributed by atoms with E-state index in [1.807, 2.05) is 30.4 Å². The van der Waals surface area contributed by atoms with Crippen molar-refractivity contribution in [2.45, 2.75) is 19.4 Å². The van der Waals surface area contributed by atoms with E-state index in [1.54, 1.807) is 10.5 Å². The number of hydrogen-bond donors (Lipinski definition) is 1. The molecule has 5 rings (SSSR count). The molecule has 0 amide bonds. The molecular weight excluding hydrogens is 362 g/mol. The number of likely N-dealkylation sites (N-methyl/N-ethyl adjacent to an activating group) is 1. The molecule has 0 spiro atoms. The third-order valence-electron chi connectivity index (χ3n) is 5.90. The number of allylic oxidation sites excluding steroid dienone is 2. The van der Waals surface area contributed by atoms with Crippen molar-refractivity contribution in [3.05, 3.63) is 82.1 Å². The second-order valence-electron chi connectivity index (χ2n) is 7.80. The van der Waals surface area contributed by atoms with E-state index in [2.05, 4.69) is 47.7 Å². The molecule has 1 unspecified atom stereocenters. The quantitative estimate of drug-likeness (QED) is 0.877. The molecule has 1 aliphatic carbocycles. The maximum atomic E-state index is 12.9. The molecule has 0 saturated heterocycles. The van der Waals surface area contributed by atoms with Crippen LogP contribution in [0.3, 0.4) is 0 Å². The second-order valence-corrected chi connectivity index (χ2v) is 7.80. The van der Waals surface area contributed by atoms with Crippen LogP contribution in [-0.2, 0) is 0 Å². The summed E-state index contributed by atoms with van der Waals surface area (Å²) in [4.78, 5) is 20.0. The van der Waals surface area contributed by atoms with Crippen molar-refractivity contribution in [3.8, 4) is 0 Å². The molecule has 0 saturated carbocycles. The minimum Gasteiger partial charge on any atom is -0.318 e. The van der Waals surface area contributed by atoms with Crippen molar-refractivity contribution in [1.82, 2.24) is 24.7 Å². The van der Waals surface area contributed by atoms with Gasteiger partial charge in [-0.3, -0.25) is 14.1 Å². The molecule has 0 bridgehead atoms. The van der Waals surface area contributed by atoms with Gasteiger partial charge in [0.1, 0.15) is 5.65 Å². The minimum absolute atomic E-state index is 0.0505. The average Bonchev–Trinajstić information content (AvgIpc) is 3.12. The van der Waals surface area contributed by atoms with Crippen molar-refractivity contribution in [3.63, 3.8) is 0 Å². The Labute approximate surface area is 170 Å². The predicted octanol–water partition coefficient (Wildman–Crippen LogP) is 2.46. The van der Waals surface area contributed by atoms with Crippen LogP contribution < -0.4 is 11.0 Å². The van der Waals surface area contributed by atoms with Crippen molar-refractivity contribution in [1.29, 1.82) is 0 Å². The largest absolute Gasteiger partial charge is 0.318 e. The summed E-state index contributed by atoms with van der Waals surface area (Å²) in [6, 6.07) is 5.86. The van der Waals surface area contributed by atoms with Crippen LogP contribution in [-0.4, -0.2) is 52.0 Å². The van der Waals surface area contributed by atoms with E-state index < -0.39 is 0 Å². The van der Waals surface area contributed by atoms with Gasteiger partial charge >= 0.3 is 0 Å². The van der Waals surface area contributed by atoms with E-state index in [0.717, 1.165) is 37.2 Å². The highest BCUT2D eigenvalue weighted by Gasteiger charge is 2.22. The number of aromatic nitrogens is 2. The van der Waals surface area contributed by atoms with Gasteiger partial charge in [0.25, 0.3) is 5.56 Å². The van der Waals surface area contributed by atoms with Crippen molar-refractivity contribution < 1.29 is 0 Å². The summed E-state index contributed by atoms with van der Waals surface area (Å²) in [6.07, 6.45) is 13.5. The van der Waals surface area contributed by atoms with Crippen LogP contribution in [0.5, 0.6) is 0 Å². The lowest BCUT2D eigenvalue weighted by Gasteiger charge is -2.25. The highest BCUT2D eigenvalue weighted by Crippen LogP contribution is 2.27. The van der Waals surface area contributed by atoms with Crippen molar-refractivity contribution in [2.24, 2.45) is 0 Å². The molecular formula is C23H25N5O. The topological polar surface area (TPSA) is 52.9 Å². The van der Waals surface area contributed by atoms with E-state index in [0.29, 0.717) is 11.3 Å². The van der Waals surface area contributed by atoms with Crippen molar-refractivity contribution >= 4 is 16.8 Å². The first-order valence-electron chi connectivity index (χ1n) is 10.2. The molecule has 2 aliphatic heterocycles. The Morgan fingerprint density at radius 1 is 1.31 bits per heavy atom. The van der Waals surface area contributed by atoms with E-state index in [-0.39, 0.29) is 11.6 Å². The first kappa shape index (κ1) is 18.1. The molecule has 0 radical (unpaired) electrons.